The van der Waals surface area contributed by atoms with Crippen LogP contribution in [0.1, 0.15) is 24.3 Å². The Balaban J connectivity index is 2.69. The highest BCUT2D eigenvalue weighted by Crippen LogP contribution is 2.15. The van der Waals surface area contributed by atoms with E-state index in [1.54, 1.807) is 6.08 Å². The van der Waals surface area contributed by atoms with Gasteiger partial charge in [0.15, 0.2) is 0 Å². The molecule has 0 saturated heterocycles. The van der Waals surface area contributed by atoms with Crippen molar-refractivity contribution in [3.8, 4) is 0 Å². The van der Waals surface area contributed by atoms with Gasteiger partial charge in [-0.3, -0.25) is 0 Å². The van der Waals surface area contributed by atoms with E-state index < -0.39 is 0 Å². The first-order chi connectivity index (χ1) is 5.77. The standard InChI is InChI=1S/C9H13NO2/c1-3-4-8-5-9(12-10-8)7(2)6-11/h3,5,7,11H,1,4,6H2,2H3. The lowest BCUT2D eigenvalue weighted by atomic mass is 10.1. The normalized spacial score (nSPS) is 12.8. The smallest absolute Gasteiger partial charge is 0.142 e. The molecule has 1 heterocycles. The molecular weight excluding hydrogens is 154 g/mol. The Labute approximate surface area is 71.7 Å². The van der Waals surface area contributed by atoms with Gasteiger partial charge in [0.1, 0.15) is 5.76 Å². The number of rotatable bonds is 4. The molecule has 0 bridgehead atoms. The van der Waals surface area contributed by atoms with Gasteiger partial charge in [0.2, 0.25) is 0 Å². The highest BCUT2D eigenvalue weighted by molar-refractivity contribution is 5.11. The summed E-state index contributed by atoms with van der Waals surface area (Å²) in [7, 11) is 0. The van der Waals surface area contributed by atoms with Gasteiger partial charge in [-0.15, -0.1) is 6.58 Å². The van der Waals surface area contributed by atoms with Gasteiger partial charge in [-0.2, -0.15) is 0 Å². The molecule has 0 aliphatic rings. The Morgan fingerprint density at radius 3 is 3.17 bits per heavy atom. The molecule has 66 valence electrons. The summed E-state index contributed by atoms with van der Waals surface area (Å²) in [5.74, 6) is 0.755. The number of hydrogen-bond donors (Lipinski definition) is 1. The van der Waals surface area contributed by atoms with Gasteiger partial charge in [-0.1, -0.05) is 18.2 Å². The van der Waals surface area contributed by atoms with Crippen molar-refractivity contribution in [3.05, 3.63) is 30.2 Å². The van der Waals surface area contributed by atoms with Crippen LogP contribution >= 0.6 is 0 Å². The van der Waals surface area contributed by atoms with E-state index >= 15 is 0 Å². The number of aliphatic hydroxyl groups excluding tert-OH is 1. The van der Waals surface area contributed by atoms with Crippen LogP contribution in [-0.4, -0.2) is 16.9 Å². The average molecular weight is 167 g/mol. The third-order valence-electron chi connectivity index (χ3n) is 1.69. The summed E-state index contributed by atoms with van der Waals surface area (Å²) in [6, 6.07) is 1.85. The number of aliphatic hydroxyl groups is 1. The number of hydrogen-bond acceptors (Lipinski definition) is 3. The van der Waals surface area contributed by atoms with E-state index in [0.29, 0.717) is 6.42 Å². The first-order valence-corrected chi connectivity index (χ1v) is 3.95. The third kappa shape index (κ3) is 1.95. The fourth-order valence-corrected chi connectivity index (χ4v) is 0.895. The molecule has 0 aliphatic carbocycles. The lowest BCUT2D eigenvalue weighted by molar-refractivity contribution is 0.246. The van der Waals surface area contributed by atoms with Crippen LogP contribution in [0.5, 0.6) is 0 Å². The lowest BCUT2D eigenvalue weighted by Gasteiger charge is -1.99. The maximum atomic E-state index is 8.82. The van der Waals surface area contributed by atoms with Crippen molar-refractivity contribution in [2.45, 2.75) is 19.3 Å². The Morgan fingerprint density at radius 1 is 1.83 bits per heavy atom. The predicted molar refractivity (Wildman–Crippen MR) is 45.9 cm³/mol. The fourth-order valence-electron chi connectivity index (χ4n) is 0.895. The fraction of sp³-hybridized carbons (Fsp3) is 0.444. The minimum absolute atomic E-state index is 0.0241. The molecule has 1 aromatic rings. The summed E-state index contributed by atoms with van der Waals surface area (Å²) in [5, 5.41) is 12.6. The molecule has 12 heavy (non-hydrogen) atoms. The molecule has 1 atom stereocenters. The zero-order valence-electron chi connectivity index (χ0n) is 7.16. The second-order valence-electron chi connectivity index (χ2n) is 2.80. The van der Waals surface area contributed by atoms with Crippen molar-refractivity contribution in [3.63, 3.8) is 0 Å². The van der Waals surface area contributed by atoms with Crippen molar-refractivity contribution in [1.82, 2.24) is 5.16 Å². The molecule has 1 N–H and O–H groups in total. The van der Waals surface area contributed by atoms with Gasteiger partial charge in [0.25, 0.3) is 0 Å². The molecule has 1 unspecified atom stereocenters. The van der Waals surface area contributed by atoms with Gasteiger partial charge in [-0.25, -0.2) is 0 Å². The van der Waals surface area contributed by atoms with E-state index in [-0.39, 0.29) is 12.5 Å². The third-order valence-corrected chi connectivity index (χ3v) is 1.69. The van der Waals surface area contributed by atoms with Gasteiger partial charge >= 0.3 is 0 Å². The van der Waals surface area contributed by atoms with E-state index in [4.69, 9.17) is 9.63 Å². The molecule has 1 aromatic heterocycles. The highest BCUT2D eigenvalue weighted by Gasteiger charge is 2.09. The first-order valence-electron chi connectivity index (χ1n) is 3.95. The maximum absolute atomic E-state index is 8.82. The van der Waals surface area contributed by atoms with Crippen molar-refractivity contribution < 1.29 is 9.63 Å². The summed E-state index contributed by atoms with van der Waals surface area (Å²) in [6.07, 6.45) is 2.48. The average Bonchev–Trinajstić information content (AvgIpc) is 2.52. The molecule has 1 rings (SSSR count). The molecule has 0 aliphatic heterocycles. The number of aromatic nitrogens is 1. The molecule has 0 spiro atoms. The van der Waals surface area contributed by atoms with Crippen molar-refractivity contribution in [2.24, 2.45) is 0 Å². The van der Waals surface area contributed by atoms with Crippen LogP contribution < -0.4 is 0 Å². The zero-order valence-corrected chi connectivity index (χ0v) is 7.16. The molecule has 0 amide bonds. The zero-order chi connectivity index (χ0) is 8.97. The van der Waals surface area contributed by atoms with Gasteiger partial charge in [-0.05, 0) is 0 Å². The van der Waals surface area contributed by atoms with E-state index in [9.17, 15) is 0 Å². The second kappa shape index (κ2) is 4.07. The second-order valence-corrected chi connectivity index (χ2v) is 2.80. The summed E-state index contributed by atoms with van der Waals surface area (Å²) >= 11 is 0. The molecule has 0 radical (unpaired) electrons. The van der Waals surface area contributed by atoms with Gasteiger partial charge < -0.3 is 9.63 Å². The van der Waals surface area contributed by atoms with Gasteiger partial charge in [0.05, 0.1) is 12.3 Å². The van der Waals surface area contributed by atoms with Crippen LogP contribution in [0.2, 0.25) is 0 Å². The summed E-state index contributed by atoms with van der Waals surface area (Å²) in [6.45, 7) is 5.57. The minimum atomic E-state index is 0.0241. The van der Waals surface area contributed by atoms with E-state index in [1.165, 1.54) is 0 Å². The Morgan fingerprint density at radius 2 is 2.58 bits per heavy atom. The molecule has 0 aromatic carbocycles. The van der Waals surface area contributed by atoms with Crippen LogP contribution in [0.25, 0.3) is 0 Å². The lowest BCUT2D eigenvalue weighted by Crippen LogP contribution is -1.96. The SMILES string of the molecule is C=CCc1cc(C(C)CO)on1. The Bertz CT molecular complexity index is 255. The maximum Gasteiger partial charge on any atom is 0.142 e. The topological polar surface area (TPSA) is 46.3 Å². The highest BCUT2D eigenvalue weighted by atomic mass is 16.5. The number of nitrogens with zero attached hydrogens (tertiary/aromatic N) is 1. The van der Waals surface area contributed by atoms with E-state index in [2.05, 4.69) is 11.7 Å². The van der Waals surface area contributed by atoms with Crippen molar-refractivity contribution in [1.29, 1.82) is 0 Å². The van der Waals surface area contributed by atoms with Gasteiger partial charge in [0, 0.05) is 18.4 Å². The first kappa shape index (κ1) is 9.00. The molecule has 0 fully saturated rings. The van der Waals surface area contributed by atoms with Crippen LogP contribution in [0.15, 0.2) is 23.2 Å². The largest absolute Gasteiger partial charge is 0.396 e. The molecule has 0 saturated carbocycles. The molecular formula is C9H13NO2. The number of allylic oxidation sites excluding steroid dienone is 1. The van der Waals surface area contributed by atoms with Crippen molar-refractivity contribution in [2.75, 3.05) is 6.61 Å². The Hall–Kier alpha value is -1.09. The van der Waals surface area contributed by atoms with E-state index in [1.807, 2.05) is 13.0 Å². The van der Waals surface area contributed by atoms with Crippen LogP contribution in [0.3, 0.4) is 0 Å². The monoisotopic (exact) mass is 167 g/mol. The van der Waals surface area contributed by atoms with Crippen LogP contribution in [0, 0.1) is 0 Å². The molecule has 3 heteroatoms. The van der Waals surface area contributed by atoms with Crippen molar-refractivity contribution >= 4 is 0 Å². The summed E-state index contributed by atoms with van der Waals surface area (Å²) < 4.78 is 5.01. The Kier molecular flexibility index (Phi) is 3.05. The molecule has 3 nitrogen and oxygen atoms in total. The quantitative estimate of drug-likeness (QED) is 0.691. The van der Waals surface area contributed by atoms with E-state index in [0.717, 1.165) is 11.5 Å². The summed E-state index contributed by atoms with van der Waals surface area (Å²) in [4.78, 5) is 0. The predicted octanol–water partition coefficient (Wildman–Crippen LogP) is 1.50. The summed E-state index contributed by atoms with van der Waals surface area (Å²) in [5.41, 5.74) is 0.861. The minimum Gasteiger partial charge on any atom is -0.396 e. The van der Waals surface area contributed by atoms with Crippen LogP contribution in [-0.2, 0) is 6.42 Å². The van der Waals surface area contributed by atoms with Crippen LogP contribution in [0.4, 0.5) is 0 Å².